The van der Waals surface area contributed by atoms with Crippen LogP contribution in [0.4, 0.5) is 5.69 Å². The van der Waals surface area contributed by atoms with Gasteiger partial charge in [0.15, 0.2) is 0 Å². The molecule has 0 radical (unpaired) electrons. The van der Waals surface area contributed by atoms with Crippen LogP contribution in [0.3, 0.4) is 0 Å². The number of hydrogen-bond acceptors (Lipinski definition) is 4. The van der Waals surface area contributed by atoms with Gasteiger partial charge in [0.1, 0.15) is 0 Å². The summed E-state index contributed by atoms with van der Waals surface area (Å²) in [7, 11) is 0. The predicted molar refractivity (Wildman–Crippen MR) is 95.5 cm³/mol. The molecular formula is C19H18N2O3S. The molecule has 1 unspecified atom stereocenters. The van der Waals surface area contributed by atoms with Crippen LogP contribution in [0.5, 0.6) is 0 Å². The van der Waals surface area contributed by atoms with Crippen molar-refractivity contribution in [2.45, 2.75) is 31.7 Å². The average molecular weight is 354 g/mol. The molecule has 3 amide bonds. The number of imide groups is 1. The summed E-state index contributed by atoms with van der Waals surface area (Å²) in [5, 5.41) is 2.03. The van der Waals surface area contributed by atoms with E-state index in [1.807, 2.05) is 16.3 Å². The van der Waals surface area contributed by atoms with Crippen LogP contribution in [-0.4, -0.2) is 29.2 Å². The third kappa shape index (κ3) is 2.87. The fourth-order valence-electron chi connectivity index (χ4n) is 3.59. The SMILES string of the molecule is O=C1CCC(=O)N1c1cccc(C(=O)N2CCCC2c2cccs2)c1. The van der Waals surface area contributed by atoms with E-state index >= 15 is 0 Å². The van der Waals surface area contributed by atoms with E-state index in [-0.39, 0.29) is 36.6 Å². The van der Waals surface area contributed by atoms with Crippen molar-refractivity contribution >= 4 is 34.7 Å². The number of anilines is 1. The summed E-state index contributed by atoms with van der Waals surface area (Å²) in [5.74, 6) is -0.448. The quantitative estimate of drug-likeness (QED) is 0.794. The van der Waals surface area contributed by atoms with Gasteiger partial charge >= 0.3 is 0 Å². The molecule has 1 aromatic heterocycles. The molecule has 128 valence electrons. The zero-order valence-electron chi connectivity index (χ0n) is 13.7. The molecule has 0 bridgehead atoms. The lowest BCUT2D eigenvalue weighted by atomic mass is 10.1. The van der Waals surface area contributed by atoms with Gasteiger partial charge in [-0.1, -0.05) is 12.1 Å². The van der Waals surface area contributed by atoms with E-state index in [9.17, 15) is 14.4 Å². The van der Waals surface area contributed by atoms with Crippen molar-refractivity contribution in [2.24, 2.45) is 0 Å². The molecule has 0 saturated carbocycles. The highest BCUT2D eigenvalue weighted by Crippen LogP contribution is 2.36. The lowest BCUT2D eigenvalue weighted by Crippen LogP contribution is -2.31. The second-order valence-corrected chi connectivity index (χ2v) is 7.32. The minimum Gasteiger partial charge on any atom is -0.331 e. The van der Waals surface area contributed by atoms with Gasteiger partial charge in [0.05, 0.1) is 11.7 Å². The number of carbonyl (C=O) groups excluding carboxylic acids is 3. The monoisotopic (exact) mass is 354 g/mol. The Hall–Kier alpha value is -2.47. The van der Waals surface area contributed by atoms with E-state index in [2.05, 4.69) is 6.07 Å². The Labute approximate surface area is 149 Å². The molecule has 2 fully saturated rings. The first kappa shape index (κ1) is 16.0. The van der Waals surface area contributed by atoms with Crippen LogP contribution >= 0.6 is 11.3 Å². The molecule has 4 rings (SSSR count). The Kier molecular flexibility index (Phi) is 4.13. The van der Waals surface area contributed by atoms with Gasteiger partial charge in [0.25, 0.3) is 5.91 Å². The van der Waals surface area contributed by atoms with Crippen molar-refractivity contribution in [3.05, 3.63) is 52.2 Å². The van der Waals surface area contributed by atoms with Crippen molar-refractivity contribution in [1.29, 1.82) is 0 Å². The fourth-order valence-corrected chi connectivity index (χ4v) is 4.47. The van der Waals surface area contributed by atoms with Gasteiger partial charge in [-0.15, -0.1) is 11.3 Å². The van der Waals surface area contributed by atoms with E-state index in [1.54, 1.807) is 35.6 Å². The molecule has 0 spiro atoms. The predicted octanol–water partition coefficient (Wildman–Crippen LogP) is 3.38. The topological polar surface area (TPSA) is 57.7 Å². The standard InChI is InChI=1S/C19H18N2O3S/c22-17-8-9-18(23)21(17)14-5-1-4-13(12-14)19(24)20-10-2-6-15(20)16-7-3-11-25-16/h1,3-5,7,11-12,15H,2,6,8-10H2. The maximum absolute atomic E-state index is 13.0. The normalized spacial score (nSPS) is 20.6. The van der Waals surface area contributed by atoms with Gasteiger partial charge in [-0.2, -0.15) is 0 Å². The Morgan fingerprint density at radius 2 is 1.88 bits per heavy atom. The molecule has 2 aliphatic heterocycles. The van der Waals surface area contributed by atoms with Crippen molar-refractivity contribution in [2.75, 3.05) is 11.4 Å². The van der Waals surface area contributed by atoms with Gasteiger partial charge < -0.3 is 4.90 Å². The Morgan fingerprint density at radius 3 is 2.60 bits per heavy atom. The first-order chi connectivity index (χ1) is 12.1. The number of rotatable bonds is 3. The van der Waals surface area contributed by atoms with Crippen LogP contribution in [-0.2, 0) is 9.59 Å². The molecule has 1 atom stereocenters. The fraction of sp³-hybridized carbons (Fsp3) is 0.316. The number of carbonyl (C=O) groups is 3. The minimum atomic E-state index is -0.202. The molecule has 0 N–H and O–H groups in total. The molecule has 5 nitrogen and oxygen atoms in total. The molecule has 0 aliphatic carbocycles. The minimum absolute atomic E-state index is 0.0446. The van der Waals surface area contributed by atoms with Crippen LogP contribution in [0, 0.1) is 0 Å². The molecule has 25 heavy (non-hydrogen) atoms. The summed E-state index contributed by atoms with van der Waals surface area (Å²) in [6, 6.07) is 11.0. The largest absolute Gasteiger partial charge is 0.331 e. The Balaban J connectivity index is 1.61. The molecule has 2 aromatic rings. The van der Waals surface area contributed by atoms with E-state index in [1.165, 1.54) is 9.78 Å². The van der Waals surface area contributed by atoms with Gasteiger partial charge in [-0.05, 0) is 42.5 Å². The summed E-state index contributed by atoms with van der Waals surface area (Å²) >= 11 is 1.67. The van der Waals surface area contributed by atoms with Crippen molar-refractivity contribution < 1.29 is 14.4 Å². The lowest BCUT2D eigenvalue weighted by molar-refractivity contribution is -0.121. The van der Waals surface area contributed by atoms with Crippen LogP contribution in [0.15, 0.2) is 41.8 Å². The van der Waals surface area contributed by atoms with Crippen molar-refractivity contribution in [3.8, 4) is 0 Å². The number of amides is 3. The van der Waals surface area contributed by atoms with Crippen LogP contribution in [0.25, 0.3) is 0 Å². The van der Waals surface area contributed by atoms with Crippen LogP contribution in [0.1, 0.15) is 47.0 Å². The second kappa shape index (κ2) is 6.44. The van der Waals surface area contributed by atoms with Crippen LogP contribution < -0.4 is 4.90 Å². The summed E-state index contributed by atoms with van der Waals surface area (Å²) < 4.78 is 0. The molecule has 2 saturated heterocycles. The summed E-state index contributed by atoms with van der Waals surface area (Å²) in [6.07, 6.45) is 2.43. The third-order valence-corrected chi connectivity index (χ3v) is 5.76. The highest BCUT2D eigenvalue weighted by Gasteiger charge is 2.33. The van der Waals surface area contributed by atoms with Gasteiger partial charge in [-0.25, -0.2) is 0 Å². The number of thiophene rings is 1. The van der Waals surface area contributed by atoms with Crippen molar-refractivity contribution in [1.82, 2.24) is 4.90 Å². The maximum atomic E-state index is 13.0. The Morgan fingerprint density at radius 1 is 1.08 bits per heavy atom. The molecule has 1 aromatic carbocycles. The zero-order chi connectivity index (χ0) is 17.4. The summed E-state index contributed by atoms with van der Waals surface area (Å²) in [6.45, 7) is 0.729. The summed E-state index contributed by atoms with van der Waals surface area (Å²) in [5.41, 5.74) is 1.01. The van der Waals surface area contributed by atoms with Gasteiger partial charge in [0.2, 0.25) is 11.8 Å². The lowest BCUT2D eigenvalue weighted by Gasteiger charge is -2.24. The van der Waals surface area contributed by atoms with E-state index in [4.69, 9.17) is 0 Å². The highest BCUT2D eigenvalue weighted by molar-refractivity contribution is 7.10. The third-order valence-electron chi connectivity index (χ3n) is 4.79. The van der Waals surface area contributed by atoms with Crippen molar-refractivity contribution in [3.63, 3.8) is 0 Å². The molecular weight excluding hydrogens is 336 g/mol. The summed E-state index contributed by atoms with van der Waals surface area (Å²) in [4.78, 5) is 41.2. The first-order valence-corrected chi connectivity index (χ1v) is 9.33. The molecule has 6 heteroatoms. The van der Waals surface area contributed by atoms with Crippen LogP contribution in [0.2, 0.25) is 0 Å². The van der Waals surface area contributed by atoms with Gasteiger partial charge in [0, 0.05) is 29.8 Å². The van der Waals surface area contributed by atoms with E-state index in [0.717, 1.165) is 19.4 Å². The first-order valence-electron chi connectivity index (χ1n) is 8.45. The average Bonchev–Trinajstić information content (AvgIpc) is 3.35. The second-order valence-electron chi connectivity index (χ2n) is 6.35. The number of nitrogens with zero attached hydrogens (tertiary/aromatic N) is 2. The molecule has 2 aliphatic rings. The van der Waals surface area contributed by atoms with Gasteiger partial charge in [-0.3, -0.25) is 19.3 Å². The number of likely N-dealkylation sites (tertiary alicyclic amines) is 1. The Bertz CT molecular complexity index is 815. The van der Waals surface area contributed by atoms with E-state index < -0.39 is 0 Å². The zero-order valence-corrected chi connectivity index (χ0v) is 14.5. The van der Waals surface area contributed by atoms with E-state index in [0.29, 0.717) is 11.3 Å². The number of hydrogen-bond donors (Lipinski definition) is 0. The highest BCUT2D eigenvalue weighted by atomic mass is 32.1. The molecule has 3 heterocycles. The smallest absolute Gasteiger partial charge is 0.254 e. The number of benzene rings is 1. The maximum Gasteiger partial charge on any atom is 0.254 e.